The Morgan fingerprint density at radius 1 is 1.09 bits per heavy atom. The largest absolute Gasteiger partial charge is 0.495 e. The number of allylic oxidation sites excluding steroid dienone is 2. The maximum atomic E-state index is 11.0. The summed E-state index contributed by atoms with van der Waals surface area (Å²) in [6, 6.07) is 8.57. The number of carbonyl (C=O) groups is 1. The molecule has 0 amide bonds. The van der Waals surface area contributed by atoms with Gasteiger partial charge in [-0.15, -0.1) is 0 Å². The Morgan fingerprint density at radius 3 is 2.31 bits per heavy atom. The number of ether oxygens (including phenoxy) is 3. The molecule has 1 atom stereocenters. The molecule has 0 aliphatic heterocycles. The fourth-order valence-electron chi connectivity index (χ4n) is 7.34. The lowest BCUT2D eigenvalue weighted by molar-refractivity contribution is -0.131. The summed E-state index contributed by atoms with van der Waals surface area (Å²) in [4.78, 5) is 11.0. The highest BCUT2D eigenvalue weighted by Crippen LogP contribution is 2.62. The molecular weight excluding hydrogens is 440 g/mol. The average Bonchev–Trinajstić information content (AvgIpc) is 2.80. The molecule has 4 fully saturated rings. The van der Waals surface area contributed by atoms with E-state index in [-0.39, 0.29) is 11.7 Å². The average molecular weight is 477 g/mol. The Balaban J connectivity index is 1.64. The second-order valence-electron chi connectivity index (χ2n) is 10.9. The number of hydrogen-bond acceptors (Lipinski definition) is 4. The van der Waals surface area contributed by atoms with Crippen molar-refractivity contribution in [2.24, 2.45) is 17.8 Å². The summed E-state index contributed by atoms with van der Waals surface area (Å²) in [5.41, 5.74) is 3.05. The first kappa shape index (κ1) is 23.9. The first-order chi connectivity index (χ1) is 16.8. The second-order valence-corrected chi connectivity index (χ2v) is 10.9. The topological polar surface area (TPSA) is 65.0 Å². The van der Waals surface area contributed by atoms with Gasteiger partial charge >= 0.3 is 5.97 Å². The summed E-state index contributed by atoms with van der Waals surface area (Å²) < 4.78 is 17.8. The maximum absolute atomic E-state index is 11.0. The van der Waals surface area contributed by atoms with Crippen molar-refractivity contribution in [3.8, 4) is 11.5 Å². The highest BCUT2D eigenvalue weighted by atomic mass is 16.7. The normalized spacial score (nSPS) is 28.6. The molecule has 35 heavy (non-hydrogen) atoms. The monoisotopic (exact) mass is 476 g/mol. The van der Waals surface area contributed by atoms with Crippen LogP contribution in [0, 0.1) is 17.8 Å². The van der Waals surface area contributed by atoms with Gasteiger partial charge in [0.1, 0.15) is 11.5 Å². The molecule has 0 spiro atoms. The molecule has 0 radical (unpaired) electrons. The summed E-state index contributed by atoms with van der Waals surface area (Å²) in [6.07, 6.45) is 12.5. The van der Waals surface area contributed by atoms with E-state index in [1.807, 2.05) is 25.1 Å². The Hall–Kier alpha value is -2.79. The lowest BCUT2D eigenvalue weighted by atomic mass is 9.48. The predicted octanol–water partition coefficient (Wildman–Crippen LogP) is 6.73. The van der Waals surface area contributed by atoms with E-state index in [4.69, 9.17) is 19.3 Å². The minimum atomic E-state index is -0.948. The zero-order valence-corrected chi connectivity index (χ0v) is 21.2. The molecule has 4 aliphatic rings. The summed E-state index contributed by atoms with van der Waals surface area (Å²) >= 11 is 0. The summed E-state index contributed by atoms with van der Waals surface area (Å²) in [5, 5.41) is 11.1. The molecule has 5 nitrogen and oxygen atoms in total. The smallest absolute Gasteiger partial charge is 0.328 e. The number of carboxylic acids is 1. The highest BCUT2D eigenvalue weighted by Gasteiger charge is 2.52. The molecule has 0 heterocycles. The van der Waals surface area contributed by atoms with Gasteiger partial charge in [-0.25, -0.2) is 4.79 Å². The van der Waals surface area contributed by atoms with Gasteiger partial charge in [0.25, 0.3) is 0 Å². The molecular formula is C30H36O5. The van der Waals surface area contributed by atoms with E-state index < -0.39 is 5.97 Å². The van der Waals surface area contributed by atoms with Crippen molar-refractivity contribution in [1.29, 1.82) is 0 Å². The highest BCUT2D eigenvalue weighted by molar-refractivity contribution is 5.94. The van der Waals surface area contributed by atoms with Crippen LogP contribution in [0.5, 0.6) is 11.5 Å². The quantitative estimate of drug-likeness (QED) is 0.260. The number of methoxy groups -OCH3 is 2. The van der Waals surface area contributed by atoms with Crippen LogP contribution in [0.1, 0.15) is 63.5 Å². The standard InChI is InChI=1S/C30H36O5/c1-18(9-28(31)32)5-6-23-7-8-24-13-27(35-19(2)33-3)26(14-25(24)29(23)34-4)30-15-20-10-21(16-30)12-22(11-20)17-30/h5-9,13-14,19-22H,10-12,15-17H2,1-4H3,(H,31,32). The van der Waals surface area contributed by atoms with Crippen molar-refractivity contribution < 1.29 is 24.1 Å². The molecule has 4 aliphatic carbocycles. The summed E-state index contributed by atoms with van der Waals surface area (Å²) in [6.45, 7) is 3.72. The van der Waals surface area contributed by atoms with Crippen LogP contribution < -0.4 is 9.47 Å². The van der Waals surface area contributed by atoms with Crippen molar-refractivity contribution >= 4 is 22.8 Å². The third-order valence-electron chi connectivity index (χ3n) is 8.42. The summed E-state index contributed by atoms with van der Waals surface area (Å²) in [7, 11) is 3.38. The van der Waals surface area contributed by atoms with E-state index in [1.165, 1.54) is 50.2 Å². The predicted molar refractivity (Wildman–Crippen MR) is 138 cm³/mol. The molecule has 186 valence electrons. The van der Waals surface area contributed by atoms with Crippen molar-refractivity contribution in [3.63, 3.8) is 0 Å². The van der Waals surface area contributed by atoms with E-state index in [0.717, 1.165) is 45.6 Å². The van der Waals surface area contributed by atoms with Crippen molar-refractivity contribution in [2.75, 3.05) is 14.2 Å². The van der Waals surface area contributed by atoms with E-state index in [1.54, 1.807) is 21.1 Å². The molecule has 1 unspecified atom stereocenters. The molecule has 2 aromatic carbocycles. The molecule has 0 saturated heterocycles. The first-order valence-corrected chi connectivity index (χ1v) is 12.7. The van der Waals surface area contributed by atoms with Gasteiger partial charge in [-0.2, -0.15) is 0 Å². The third kappa shape index (κ3) is 4.58. The molecule has 4 saturated carbocycles. The van der Waals surface area contributed by atoms with Crippen molar-refractivity contribution in [1.82, 2.24) is 0 Å². The van der Waals surface area contributed by atoms with Crippen LogP contribution in [0.2, 0.25) is 0 Å². The van der Waals surface area contributed by atoms with Crippen LogP contribution in [0.25, 0.3) is 16.8 Å². The van der Waals surface area contributed by atoms with Gasteiger partial charge in [-0.3, -0.25) is 0 Å². The molecule has 6 rings (SSSR count). The van der Waals surface area contributed by atoms with E-state index in [9.17, 15) is 4.79 Å². The van der Waals surface area contributed by atoms with E-state index >= 15 is 0 Å². The Bertz CT molecular complexity index is 1160. The zero-order chi connectivity index (χ0) is 24.7. The Kier molecular flexibility index (Phi) is 6.39. The van der Waals surface area contributed by atoms with Crippen LogP contribution >= 0.6 is 0 Å². The van der Waals surface area contributed by atoms with Gasteiger partial charge in [-0.1, -0.05) is 24.3 Å². The Morgan fingerprint density at radius 2 is 1.74 bits per heavy atom. The van der Waals surface area contributed by atoms with Gasteiger partial charge in [-0.05, 0) is 98.6 Å². The SMILES string of the molecule is COc1c(C=CC(C)=CC(=O)O)ccc2cc(OC(C)OC)c(C34CC5CC(CC(C5)C3)C4)cc12. The number of rotatable bonds is 8. The minimum Gasteiger partial charge on any atom is -0.495 e. The maximum Gasteiger partial charge on any atom is 0.328 e. The molecule has 5 heteroatoms. The fraction of sp³-hybridized carbons (Fsp3) is 0.500. The van der Waals surface area contributed by atoms with Crippen LogP contribution in [0.4, 0.5) is 0 Å². The summed E-state index contributed by atoms with van der Waals surface area (Å²) in [5.74, 6) is 3.26. The first-order valence-electron chi connectivity index (χ1n) is 12.7. The molecule has 2 aromatic rings. The Labute approximate surface area is 207 Å². The second kappa shape index (κ2) is 9.34. The van der Waals surface area contributed by atoms with Crippen LogP contribution in [0.3, 0.4) is 0 Å². The van der Waals surface area contributed by atoms with Crippen LogP contribution in [-0.4, -0.2) is 31.6 Å². The number of benzene rings is 2. The number of hydrogen-bond donors (Lipinski definition) is 1. The molecule has 0 aromatic heterocycles. The fourth-order valence-corrected chi connectivity index (χ4v) is 7.34. The lowest BCUT2D eigenvalue weighted by Gasteiger charge is -2.57. The van der Waals surface area contributed by atoms with Gasteiger partial charge < -0.3 is 19.3 Å². The van der Waals surface area contributed by atoms with Crippen molar-refractivity contribution in [2.45, 2.75) is 64.1 Å². The minimum absolute atomic E-state index is 0.156. The van der Waals surface area contributed by atoms with Gasteiger partial charge in [0.2, 0.25) is 0 Å². The van der Waals surface area contributed by atoms with E-state index in [0.29, 0.717) is 5.57 Å². The van der Waals surface area contributed by atoms with Crippen LogP contribution in [0.15, 0.2) is 42.0 Å². The van der Waals surface area contributed by atoms with Gasteiger partial charge in [0, 0.05) is 29.7 Å². The lowest BCUT2D eigenvalue weighted by Crippen LogP contribution is -2.48. The van der Waals surface area contributed by atoms with E-state index in [2.05, 4.69) is 18.2 Å². The number of carboxylic acid groups (broad SMARTS) is 1. The number of fused-ring (bicyclic) bond motifs is 1. The third-order valence-corrected chi connectivity index (χ3v) is 8.42. The van der Waals surface area contributed by atoms with Crippen molar-refractivity contribution in [3.05, 3.63) is 53.1 Å². The number of aliphatic carboxylic acids is 1. The molecule has 4 bridgehead atoms. The molecule has 1 N–H and O–H groups in total. The zero-order valence-electron chi connectivity index (χ0n) is 21.2. The van der Waals surface area contributed by atoms with Gasteiger partial charge in [0.15, 0.2) is 6.29 Å². The van der Waals surface area contributed by atoms with Crippen LogP contribution in [-0.2, 0) is 14.9 Å². The van der Waals surface area contributed by atoms with Gasteiger partial charge in [0.05, 0.1) is 7.11 Å².